The molecule has 2 amide bonds. The van der Waals surface area contributed by atoms with E-state index < -0.39 is 0 Å². The van der Waals surface area contributed by atoms with Gasteiger partial charge in [0.2, 0.25) is 5.91 Å². The highest BCUT2D eigenvalue weighted by Gasteiger charge is 2.10. The van der Waals surface area contributed by atoms with Crippen molar-refractivity contribution in [3.63, 3.8) is 0 Å². The molecule has 0 aliphatic heterocycles. The summed E-state index contributed by atoms with van der Waals surface area (Å²) in [6.45, 7) is 1.25. The molecule has 1 aromatic rings. The topological polar surface area (TPSA) is 69.6 Å². The average Bonchev–Trinajstić information content (AvgIpc) is 2.97. The zero-order valence-corrected chi connectivity index (χ0v) is 12.6. The Labute approximate surface area is 123 Å². The number of rotatable bonds is 9. The van der Waals surface area contributed by atoms with E-state index in [2.05, 4.69) is 5.32 Å². The van der Waals surface area contributed by atoms with Crippen LogP contribution in [0.4, 0.5) is 0 Å². The van der Waals surface area contributed by atoms with Gasteiger partial charge in [-0.2, -0.15) is 0 Å². The first-order valence-corrected chi connectivity index (χ1v) is 7.69. The van der Waals surface area contributed by atoms with Crippen LogP contribution in [0.5, 0.6) is 0 Å². The predicted octanol–water partition coefficient (Wildman–Crippen LogP) is 1.49. The highest BCUT2D eigenvalue weighted by molar-refractivity contribution is 7.12. The molecule has 6 heteroatoms. The molecule has 0 aliphatic rings. The molecule has 0 saturated heterocycles. The van der Waals surface area contributed by atoms with Crippen LogP contribution < -0.4 is 5.32 Å². The number of hydrogen-bond acceptors (Lipinski definition) is 4. The van der Waals surface area contributed by atoms with Gasteiger partial charge in [-0.1, -0.05) is 6.07 Å². The van der Waals surface area contributed by atoms with Gasteiger partial charge in [-0.25, -0.2) is 0 Å². The van der Waals surface area contributed by atoms with Crippen LogP contribution in [0.1, 0.15) is 35.4 Å². The van der Waals surface area contributed by atoms with Crippen molar-refractivity contribution in [2.45, 2.75) is 25.7 Å². The zero-order chi connectivity index (χ0) is 14.8. The number of aliphatic hydroxyl groups is 1. The predicted molar refractivity (Wildman–Crippen MR) is 79.8 cm³/mol. The summed E-state index contributed by atoms with van der Waals surface area (Å²) in [4.78, 5) is 25.8. The fraction of sp³-hybridized carbons (Fsp3) is 0.571. The summed E-state index contributed by atoms with van der Waals surface area (Å²) in [6, 6.07) is 3.58. The minimum Gasteiger partial charge on any atom is -0.396 e. The number of amides is 2. The second-order valence-electron chi connectivity index (χ2n) is 4.58. The summed E-state index contributed by atoms with van der Waals surface area (Å²) in [5.74, 6) is -0.0983. The van der Waals surface area contributed by atoms with Crippen molar-refractivity contribution < 1.29 is 14.7 Å². The van der Waals surface area contributed by atoms with Gasteiger partial charge in [-0.05, 0) is 30.7 Å². The van der Waals surface area contributed by atoms with Gasteiger partial charge in [-0.15, -0.1) is 11.3 Å². The Morgan fingerprint density at radius 2 is 2.15 bits per heavy atom. The molecule has 0 fully saturated rings. The second kappa shape index (κ2) is 9.50. The number of nitrogens with zero attached hydrogens (tertiary/aromatic N) is 1. The van der Waals surface area contributed by atoms with Crippen LogP contribution >= 0.6 is 11.3 Å². The van der Waals surface area contributed by atoms with Crippen molar-refractivity contribution >= 4 is 23.2 Å². The van der Waals surface area contributed by atoms with Crippen LogP contribution in [0, 0.1) is 0 Å². The van der Waals surface area contributed by atoms with Crippen LogP contribution in [-0.4, -0.2) is 48.6 Å². The standard InChI is InChI=1S/C14H22N2O3S/c1-16(9-3-2-4-10-17)13(18)7-8-15-14(19)12-6-5-11-20-12/h5-6,11,17H,2-4,7-10H2,1H3,(H,15,19). The van der Waals surface area contributed by atoms with Gasteiger partial charge in [0, 0.05) is 33.2 Å². The smallest absolute Gasteiger partial charge is 0.261 e. The number of nitrogens with one attached hydrogen (secondary N) is 1. The van der Waals surface area contributed by atoms with E-state index in [4.69, 9.17) is 5.11 Å². The third-order valence-electron chi connectivity index (χ3n) is 2.95. The fourth-order valence-electron chi connectivity index (χ4n) is 1.73. The summed E-state index contributed by atoms with van der Waals surface area (Å²) >= 11 is 1.38. The second-order valence-corrected chi connectivity index (χ2v) is 5.53. The summed E-state index contributed by atoms with van der Waals surface area (Å²) in [5, 5.41) is 13.3. The third-order valence-corrected chi connectivity index (χ3v) is 3.82. The Morgan fingerprint density at radius 3 is 2.80 bits per heavy atom. The number of thiophene rings is 1. The molecule has 20 heavy (non-hydrogen) atoms. The SMILES string of the molecule is CN(CCCCCO)C(=O)CCNC(=O)c1cccs1. The van der Waals surface area contributed by atoms with E-state index in [0.29, 0.717) is 24.4 Å². The maximum absolute atomic E-state index is 11.8. The van der Waals surface area contributed by atoms with Crippen molar-refractivity contribution in [3.8, 4) is 0 Å². The van der Waals surface area contributed by atoms with Gasteiger partial charge in [-0.3, -0.25) is 9.59 Å². The molecule has 0 aliphatic carbocycles. The maximum atomic E-state index is 11.8. The van der Waals surface area contributed by atoms with E-state index in [1.54, 1.807) is 18.0 Å². The molecule has 2 N–H and O–H groups in total. The maximum Gasteiger partial charge on any atom is 0.261 e. The molecule has 112 valence electrons. The molecular weight excluding hydrogens is 276 g/mol. The highest BCUT2D eigenvalue weighted by atomic mass is 32.1. The number of aliphatic hydroxyl groups excluding tert-OH is 1. The molecule has 0 bridgehead atoms. The first kappa shape index (κ1) is 16.7. The Balaban J connectivity index is 2.14. The molecule has 0 spiro atoms. The minimum atomic E-state index is -0.126. The highest BCUT2D eigenvalue weighted by Crippen LogP contribution is 2.07. The Kier molecular flexibility index (Phi) is 7.91. The third kappa shape index (κ3) is 6.16. The molecule has 0 unspecified atom stereocenters. The normalized spacial score (nSPS) is 10.3. The van der Waals surface area contributed by atoms with Crippen molar-refractivity contribution in [2.24, 2.45) is 0 Å². The monoisotopic (exact) mass is 298 g/mol. The largest absolute Gasteiger partial charge is 0.396 e. The fourth-order valence-corrected chi connectivity index (χ4v) is 2.37. The van der Waals surface area contributed by atoms with Crippen LogP contribution in [0.15, 0.2) is 17.5 Å². The molecule has 0 radical (unpaired) electrons. The van der Waals surface area contributed by atoms with Crippen LogP contribution in [0.2, 0.25) is 0 Å². The molecular formula is C14H22N2O3S. The first-order chi connectivity index (χ1) is 9.65. The number of unbranched alkanes of at least 4 members (excludes halogenated alkanes) is 2. The summed E-state index contributed by atoms with van der Waals surface area (Å²) in [5.41, 5.74) is 0. The number of hydrogen-bond donors (Lipinski definition) is 2. The lowest BCUT2D eigenvalue weighted by atomic mass is 10.2. The van der Waals surface area contributed by atoms with Gasteiger partial charge in [0.15, 0.2) is 0 Å². The lowest BCUT2D eigenvalue weighted by molar-refractivity contribution is -0.129. The van der Waals surface area contributed by atoms with Crippen LogP contribution in [0.3, 0.4) is 0 Å². The van der Waals surface area contributed by atoms with E-state index in [-0.39, 0.29) is 18.4 Å². The van der Waals surface area contributed by atoms with E-state index in [1.165, 1.54) is 11.3 Å². The molecule has 0 atom stereocenters. The Bertz CT molecular complexity index is 407. The molecule has 1 aromatic heterocycles. The van der Waals surface area contributed by atoms with Gasteiger partial charge >= 0.3 is 0 Å². The summed E-state index contributed by atoms with van der Waals surface area (Å²) < 4.78 is 0. The average molecular weight is 298 g/mol. The molecule has 0 aromatic carbocycles. The Morgan fingerprint density at radius 1 is 1.35 bits per heavy atom. The van der Waals surface area contributed by atoms with Crippen molar-refractivity contribution in [1.29, 1.82) is 0 Å². The lowest BCUT2D eigenvalue weighted by Crippen LogP contribution is -2.32. The van der Waals surface area contributed by atoms with E-state index >= 15 is 0 Å². The molecule has 5 nitrogen and oxygen atoms in total. The van der Waals surface area contributed by atoms with Gasteiger partial charge in [0.05, 0.1) is 4.88 Å². The van der Waals surface area contributed by atoms with Gasteiger partial charge in [0.25, 0.3) is 5.91 Å². The van der Waals surface area contributed by atoms with Crippen molar-refractivity contribution in [3.05, 3.63) is 22.4 Å². The first-order valence-electron chi connectivity index (χ1n) is 6.81. The number of carbonyl (C=O) groups is 2. The Hall–Kier alpha value is -1.40. The lowest BCUT2D eigenvalue weighted by Gasteiger charge is -2.17. The van der Waals surface area contributed by atoms with Crippen molar-refractivity contribution in [2.75, 3.05) is 26.7 Å². The quantitative estimate of drug-likeness (QED) is 0.679. The number of carbonyl (C=O) groups excluding carboxylic acids is 2. The zero-order valence-electron chi connectivity index (χ0n) is 11.8. The van der Waals surface area contributed by atoms with E-state index in [1.807, 2.05) is 11.4 Å². The summed E-state index contributed by atoms with van der Waals surface area (Å²) in [6.07, 6.45) is 2.90. The van der Waals surface area contributed by atoms with E-state index in [0.717, 1.165) is 19.3 Å². The van der Waals surface area contributed by atoms with Crippen LogP contribution in [0.25, 0.3) is 0 Å². The molecule has 1 rings (SSSR count). The van der Waals surface area contributed by atoms with Crippen molar-refractivity contribution in [1.82, 2.24) is 10.2 Å². The molecule has 0 saturated carbocycles. The van der Waals surface area contributed by atoms with Gasteiger partial charge < -0.3 is 15.3 Å². The molecule has 1 heterocycles. The van der Waals surface area contributed by atoms with Gasteiger partial charge in [0.1, 0.15) is 0 Å². The summed E-state index contributed by atoms with van der Waals surface area (Å²) in [7, 11) is 1.77. The van der Waals surface area contributed by atoms with E-state index in [9.17, 15) is 9.59 Å². The minimum absolute atomic E-state index is 0.0282. The van der Waals surface area contributed by atoms with Crippen LogP contribution in [-0.2, 0) is 4.79 Å².